The summed E-state index contributed by atoms with van der Waals surface area (Å²) in [6.45, 7) is 6.46. The lowest BCUT2D eigenvalue weighted by atomic mass is 10.1. The Hall–Kier alpha value is -1.06. The van der Waals surface area contributed by atoms with Crippen LogP contribution in [-0.4, -0.2) is 36.5 Å². The molecule has 0 bridgehead atoms. The van der Waals surface area contributed by atoms with E-state index in [1.54, 1.807) is 12.1 Å². The van der Waals surface area contributed by atoms with Gasteiger partial charge in [0, 0.05) is 30.2 Å². The molecule has 1 aliphatic rings. The van der Waals surface area contributed by atoms with Crippen LogP contribution in [0.1, 0.15) is 22.8 Å². The molecule has 92 valence electrons. The zero-order chi connectivity index (χ0) is 12.4. The van der Waals surface area contributed by atoms with Crippen LogP contribution < -0.4 is 5.32 Å². The number of benzene rings is 1. The minimum atomic E-state index is 0.0961. The summed E-state index contributed by atoms with van der Waals surface area (Å²) >= 11 is 5.96. The molecule has 0 saturated carbocycles. The molecule has 17 heavy (non-hydrogen) atoms. The summed E-state index contributed by atoms with van der Waals surface area (Å²) in [6, 6.07) is 5.78. The molecular formula is C13H17ClN2O. The van der Waals surface area contributed by atoms with Gasteiger partial charge in [0.15, 0.2) is 0 Å². The smallest absolute Gasteiger partial charge is 0.254 e. The lowest BCUT2D eigenvalue weighted by molar-refractivity contribution is 0.0630. The van der Waals surface area contributed by atoms with Crippen molar-refractivity contribution in [1.82, 2.24) is 10.2 Å². The SMILES string of the molecule is CCN(C(=O)c1ccc(Cl)c(C)c1)C1CNC1. The summed E-state index contributed by atoms with van der Waals surface area (Å²) in [4.78, 5) is 14.2. The number of hydrogen-bond donors (Lipinski definition) is 1. The number of rotatable bonds is 3. The first-order valence-corrected chi connectivity index (χ1v) is 6.29. The number of likely N-dealkylation sites (N-methyl/N-ethyl adjacent to an activating group) is 1. The first-order valence-electron chi connectivity index (χ1n) is 5.91. The van der Waals surface area contributed by atoms with Gasteiger partial charge in [-0.15, -0.1) is 0 Å². The predicted octanol–water partition coefficient (Wildman–Crippen LogP) is 2.08. The molecule has 2 rings (SSSR count). The molecule has 4 heteroatoms. The number of halogens is 1. The molecule has 0 atom stereocenters. The van der Waals surface area contributed by atoms with Gasteiger partial charge in [-0.2, -0.15) is 0 Å². The van der Waals surface area contributed by atoms with Gasteiger partial charge in [0.25, 0.3) is 5.91 Å². The largest absolute Gasteiger partial charge is 0.333 e. The first-order chi connectivity index (χ1) is 8.13. The van der Waals surface area contributed by atoms with Gasteiger partial charge in [0.05, 0.1) is 6.04 Å². The highest BCUT2D eigenvalue weighted by Crippen LogP contribution is 2.18. The molecule has 1 saturated heterocycles. The summed E-state index contributed by atoms with van der Waals surface area (Å²) in [5, 5.41) is 3.89. The van der Waals surface area contributed by atoms with Gasteiger partial charge in [0.2, 0.25) is 0 Å². The Morgan fingerprint density at radius 1 is 1.53 bits per heavy atom. The third kappa shape index (κ3) is 2.45. The topological polar surface area (TPSA) is 32.3 Å². The summed E-state index contributed by atoms with van der Waals surface area (Å²) in [6.07, 6.45) is 0. The molecule has 1 heterocycles. The molecule has 0 unspecified atom stereocenters. The van der Waals surface area contributed by atoms with Crippen molar-refractivity contribution in [2.24, 2.45) is 0 Å². The average molecular weight is 253 g/mol. The fourth-order valence-corrected chi connectivity index (χ4v) is 2.12. The maximum atomic E-state index is 12.3. The van der Waals surface area contributed by atoms with E-state index in [-0.39, 0.29) is 5.91 Å². The van der Waals surface area contributed by atoms with E-state index in [9.17, 15) is 4.79 Å². The van der Waals surface area contributed by atoms with Crippen molar-refractivity contribution in [2.45, 2.75) is 19.9 Å². The van der Waals surface area contributed by atoms with Crippen molar-refractivity contribution in [2.75, 3.05) is 19.6 Å². The first kappa shape index (κ1) is 12.4. The van der Waals surface area contributed by atoms with Gasteiger partial charge in [-0.1, -0.05) is 11.6 Å². The number of nitrogens with one attached hydrogen (secondary N) is 1. The van der Waals surface area contributed by atoms with Crippen LogP contribution in [0.2, 0.25) is 5.02 Å². The molecule has 1 fully saturated rings. The fourth-order valence-electron chi connectivity index (χ4n) is 2.00. The maximum absolute atomic E-state index is 12.3. The molecule has 1 amide bonds. The van der Waals surface area contributed by atoms with Gasteiger partial charge >= 0.3 is 0 Å². The van der Waals surface area contributed by atoms with E-state index in [1.165, 1.54) is 0 Å². The molecule has 0 aromatic heterocycles. The van der Waals surface area contributed by atoms with Crippen LogP contribution in [0.15, 0.2) is 18.2 Å². The van der Waals surface area contributed by atoms with Gasteiger partial charge in [-0.3, -0.25) is 4.79 Å². The van der Waals surface area contributed by atoms with E-state index in [0.717, 1.165) is 30.8 Å². The Labute approximate surface area is 107 Å². The van der Waals surface area contributed by atoms with Crippen molar-refractivity contribution in [3.05, 3.63) is 34.3 Å². The molecule has 1 aliphatic heterocycles. The Kier molecular flexibility index (Phi) is 3.69. The van der Waals surface area contributed by atoms with E-state index in [1.807, 2.05) is 24.8 Å². The van der Waals surface area contributed by atoms with Crippen molar-refractivity contribution in [3.8, 4) is 0 Å². The quantitative estimate of drug-likeness (QED) is 0.894. The van der Waals surface area contributed by atoms with E-state index >= 15 is 0 Å². The second-order valence-electron chi connectivity index (χ2n) is 4.37. The van der Waals surface area contributed by atoms with Crippen molar-refractivity contribution < 1.29 is 4.79 Å². The minimum Gasteiger partial charge on any atom is -0.333 e. The molecule has 3 nitrogen and oxygen atoms in total. The Morgan fingerprint density at radius 3 is 2.71 bits per heavy atom. The zero-order valence-electron chi connectivity index (χ0n) is 10.2. The summed E-state index contributed by atoms with van der Waals surface area (Å²) in [5.74, 6) is 0.0961. The number of nitrogens with zero attached hydrogens (tertiary/aromatic N) is 1. The van der Waals surface area contributed by atoms with Gasteiger partial charge in [0.1, 0.15) is 0 Å². The normalized spacial score (nSPS) is 15.5. The number of aryl methyl sites for hydroxylation is 1. The monoisotopic (exact) mass is 252 g/mol. The molecule has 1 N–H and O–H groups in total. The fraction of sp³-hybridized carbons (Fsp3) is 0.462. The van der Waals surface area contributed by atoms with Crippen LogP contribution in [-0.2, 0) is 0 Å². The standard InChI is InChI=1S/C13H17ClN2O/c1-3-16(11-7-15-8-11)13(17)10-4-5-12(14)9(2)6-10/h4-6,11,15H,3,7-8H2,1-2H3. The second-order valence-corrected chi connectivity index (χ2v) is 4.77. The molecule has 1 aromatic rings. The Balaban J connectivity index is 2.19. The number of carbonyl (C=O) groups is 1. The lowest BCUT2D eigenvalue weighted by Gasteiger charge is -2.37. The molecule has 1 aromatic carbocycles. The number of carbonyl (C=O) groups excluding carboxylic acids is 1. The predicted molar refractivity (Wildman–Crippen MR) is 69.6 cm³/mol. The molecule has 0 radical (unpaired) electrons. The maximum Gasteiger partial charge on any atom is 0.254 e. The van der Waals surface area contributed by atoms with Crippen molar-refractivity contribution in [1.29, 1.82) is 0 Å². The molecule has 0 aliphatic carbocycles. The third-order valence-corrected chi connectivity index (χ3v) is 3.63. The second kappa shape index (κ2) is 5.07. The Morgan fingerprint density at radius 2 is 2.24 bits per heavy atom. The van der Waals surface area contributed by atoms with Crippen LogP contribution in [0.5, 0.6) is 0 Å². The summed E-state index contributed by atoms with van der Waals surface area (Å²) in [5.41, 5.74) is 1.67. The van der Waals surface area contributed by atoms with Crippen molar-refractivity contribution in [3.63, 3.8) is 0 Å². The van der Waals surface area contributed by atoms with Crippen LogP contribution in [0.25, 0.3) is 0 Å². The molecule has 0 spiro atoms. The van der Waals surface area contributed by atoms with E-state index < -0.39 is 0 Å². The molecular weight excluding hydrogens is 236 g/mol. The highest BCUT2D eigenvalue weighted by atomic mass is 35.5. The van der Waals surface area contributed by atoms with Crippen LogP contribution in [0.3, 0.4) is 0 Å². The van der Waals surface area contributed by atoms with Crippen molar-refractivity contribution >= 4 is 17.5 Å². The highest BCUT2D eigenvalue weighted by molar-refractivity contribution is 6.31. The van der Waals surface area contributed by atoms with Gasteiger partial charge < -0.3 is 10.2 Å². The van der Waals surface area contributed by atoms with E-state index in [4.69, 9.17) is 11.6 Å². The Bertz CT molecular complexity index is 429. The van der Waals surface area contributed by atoms with Crippen LogP contribution in [0, 0.1) is 6.92 Å². The van der Waals surface area contributed by atoms with Gasteiger partial charge in [-0.25, -0.2) is 0 Å². The average Bonchev–Trinajstić information content (AvgIpc) is 2.26. The highest BCUT2D eigenvalue weighted by Gasteiger charge is 2.27. The zero-order valence-corrected chi connectivity index (χ0v) is 10.9. The minimum absolute atomic E-state index is 0.0961. The summed E-state index contributed by atoms with van der Waals surface area (Å²) in [7, 11) is 0. The van der Waals surface area contributed by atoms with E-state index in [0.29, 0.717) is 11.1 Å². The number of hydrogen-bond acceptors (Lipinski definition) is 2. The third-order valence-electron chi connectivity index (χ3n) is 3.21. The van der Waals surface area contributed by atoms with Gasteiger partial charge in [-0.05, 0) is 37.6 Å². The van der Waals surface area contributed by atoms with Crippen LogP contribution in [0.4, 0.5) is 0 Å². The van der Waals surface area contributed by atoms with E-state index in [2.05, 4.69) is 5.32 Å². The lowest BCUT2D eigenvalue weighted by Crippen LogP contribution is -2.58. The number of amides is 1. The van der Waals surface area contributed by atoms with Crippen LogP contribution >= 0.6 is 11.6 Å². The summed E-state index contributed by atoms with van der Waals surface area (Å²) < 4.78 is 0.